The molecule has 0 aromatic heterocycles. The maximum Gasteiger partial charge on any atom is 0.202 e. The maximum atomic E-state index is 13.6. The van der Waals surface area contributed by atoms with Gasteiger partial charge in [0.05, 0.1) is 5.70 Å². The lowest BCUT2D eigenvalue weighted by Crippen LogP contribution is -2.51. The van der Waals surface area contributed by atoms with Crippen molar-refractivity contribution in [3.05, 3.63) is 71.0 Å². The van der Waals surface area contributed by atoms with Crippen LogP contribution in [0.15, 0.2) is 65.4 Å². The van der Waals surface area contributed by atoms with Crippen molar-refractivity contribution in [1.29, 1.82) is 0 Å². The topological polar surface area (TPSA) is 66.4 Å². The summed E-state index contributed by atoms with van der Waals surface area (Å²) < 4.78 is 0. The van der Waals surface area contributed by atoms with Crippen molar-refractivity contribution in [2.75, 3.05) is 5.32 Å². The van der Waals surface area contributed by atoms with Crippen LogP contribution >= 0.6 is 0 Å². The number of carbonyl (C=O) groups excluding carboxylic acids is 2. The number of phenols is 1. The zero-order valence-corrected chi connectivity index (χ0v) is 29.5. The number of nitrogens with one attached hydrogen (secondary N) is 1. The van der Waals surface area contributed by atoms with Crippen molar-refractivity contribution in [3.63, 3.8) is 0 Å². The third-order valence-electron chi connectivity index (χ3n) is 14.8. The fourth-order valence-electron chi connectivity index (χ4n) is 11.1. The molecule has 2 N–H and O–H groups in total. The maximum absolute atomic E-state index is 13.6. The molecule has 5 aliphatic rings. The van der Waals surface area contributed by atoms with Crippen LogP contribution < -0.4 is 5.32 Å². The van der Waals surface area contributed by atoms with Gasteiger partial charge in [-0.3, -0.25) is 9.59 Å². The molecule has 8 atom stereocenters. The number of fused-ring (bicyclic) bond motifs is 2. The molecule has 1 aromatic rings. The Morgan fingerprint density at radius 2 is 1.52 bits per heavy atom. The van der Waals surface area contributed by atoms with Gasteiger partial charge in [0, 0.05) is 17.3 Å². The van der Waals surface area contributed by atoms with E-state index in [1.165, 1.54) is 42.9 Å². The van der Waals surface area contributed by atoms with E-state index in [2.05, 4.69) is 66.4 Å². The highest BCUT2D eigenvalue weighted by atomic mass is 16.3. The van der Waals surface area contributed by atoms with Crippen molar-refractivity contribution >= 4 is 17.3 Å². The Morgan fingerprint density at radius 3 is 2.24 bits per heavy atom. The zero-order valence-electron chi connectivity index (χ0n) is 29.5. The first-order valence-electron chi connectivity index (χ1n) is 18.1. The molecule has 0 radical (unpaired) electrons. The first kappa shape index (κ1) is 33.0. The van der Waals surface area contributed by atoms with Gasteiger partial charge in [-0.2, -0.15) is 0 Å². The minimum absolute atomic E-state index is 0.0229. The third kappa shape index (κ3) is 5.27. The van der Waals surface area contributed by atoms with Gasteiger partial charge in [-0.05, 0) is 153 Å². The number of anilines is 1. The predicted molar refractivity (Wildman–Crippen MR) is 188 cm³/mol. The lowest BCUT2D eigenvalue weighted by molar-refractivity contribution is -0.116. The zero-order chi connectivity index (χ0) is 33.2. The van der Waals surface area contributed by atoms with Crippen LogP contribution in [-0.2, 0) is 16.0 Å². The summed E-state index contributed by atoms with van der Waals surface area (Å²) in [6.45, 7) is 21.1. The summed E-state index contributed by atoms with van der Waals surface area (Å²) >= 11 is 0. The fraction of sp³-hybridized carbons (Fsp3) is 0.619. The molecule has 3 saturated carbocycles. The Morgan fingerprint density at radius 1 is 0.870 bits per heavy atom. The average Bonchev–Trinajstić information content (AvgIpc) is 3.00. The Hall–Kier alpha value is -2.88. The molecular weight excluding hydrogens is 566 g/mol. The molecule has 46 heavy (non-hydrogen) atoms. The van der Waals surface area contributed by atoms with Crippen LogP contribution in [0.2, 0.25) is 0 Å². The summed E-state index contributed by atoms with van der Waals surface area (Å²) in [4.78, 5) is 27.2. The molecule has 0 amide bonds. The van der Waals surface area contributed by atoms with E-state index < -0.39 is 0 Å². The van der Waals surface area contributed by atoms with E-state index in [0.29, 0.717) is 41.4 Å². The Kier molecular flexibility index (Phi) is 8.38. The summed E-state index contributed by atoms with van der Waals surface area (Å²) in [5.74, 6) is 2.10. The van der Waals surface area contributed by atoms with Gasteiger partial charge < -0.3 is 10.4 Å². The highest BCUT2D eigenvalue weighted by Gasteiger charge is 2.55. The molecule has 0 heterocycles. The lowest BCUT2D eigenvalue weighted by Gasteiger charge is -2.59. The lowest BCUT2D eigenvalue weighted by atomic mass is 9.46. The van der Waals surface area contributed by atoms with Gasteiger partial charge in [-0.25, -0.2) is 0 Å². The summed E-state index contributed by atoms with van der Waals surface area (Å²) in [6.07, 6.45) is 17.4. The molecule has 0 aliphatic heterocycles. The second kappa shape index (κ2) is 11.7. The molecule has 5 aliphatic carbocycles. The van der Waals surface area contributed by atoms with Gasteiger partial charge in [0.2, 0.25) is 5.78 Å². The van der Waals surface area contributed by atoms with Crippen LogP contribution in [-0.4, -0.2) is 16.7 Å². The Balaban J connectivity index is 1.20. The molecular formula is C42H57NO3. The van der Waals surface area contributed by atoms with Crippen LogP contribution in [0, 0.1) is 45.3 Å². The van der Waals surface area contributed by atoms with E-state index in [1.54, 1.807) is 18.2 Å². The number of ketones is 2. The number of benzene rings is 1. The molecule has 0 saturated heterocycles. The van der Waals surface area contributed by atoms with E-state index in [0.717, 1.165) is 49.8 Å². The van der Waals surface area contributed by atoms with Gasteiger partial charge in [-0.15, -0.1) is 0 Å². The van der Waals surface area contributed by atoms with Gasteiger partial charge in [-0.1, -0.05) is 65.3 Å². The highest BCUT2D eigenvalue weighted by molar-refractivity contribution is 6.21. The van der Waals surface area contributed by atoms with Crippen molar-refractivity contribution in [2.24, 2.45) is 45.3 Å². The van der Waals surface area contributed by atoms with Gasteiger partial charge in [0.15, 0.2) is 5.78 Å². The van der Waals surface area contributed by atoms with Crippen LogP contribution in [0.1, 0.15) is 118 Å². The van der Waals surface area contributed by atoms with E-state index in [1.807, 2.05) is 6.07 Å². The SMILES string of the molecule is C=C1CCCC2C1(C)CCC(C)C2(C)Cc1cc(NC2=CC(=O)C(CC3(C)C(C)CCC4(C)C(C)=CCCC43)=CC2=O)ccc1O. The van der Waals surface area contributed by atoms with Gasteiger partial charge >= 0.3 is 0 Å². The quantitative estimate of drug-likeness (QED) is 0.188. The van der Waals surface area contributed by atoms with Crippen molar-refractivity contribution < 1.29 is 14.7 Å². The molecule has 8 unspecified atom stereocenters. The monoisotopic (exact) mass is 623 g/mol. The van der Waals surface area contributed by atoms with Gasteiger partial charge in [0.25, 0.3) is 0 Å². The average molecular weight is 624 g/mol. The first-order chi connectivity index (χ1) is 21.6. The van der Waals surface area contributed by atoms with Gasteiger partial charge in [0.1, 0.15) is 5.75 Å². The molecule has 248 valence electrons. The summed E-state index contributed by atoms with van der Waals surface area (Å²) in [5.41, 5.74) is 5.75. The molecule has 4 nitrogen and oxygen atoms in total. The van der Waals surface area contributed by atoms with Crippen molar-refractivity contribution in [2.45, 2.75) is 119 Å². The predicted octanol–water partition coefficient (Wildman–Crippen LogP) is 10.3. The number of rotatable bonds is 6. The summed E-state index contributed by atoms with van der Waals surface area (Å²) in [6, 6.07) is 5.52. The second-order valence-electron chi connectivity index (χ2n) is 17.1. The third-order valence-corrected chi connectivity index (χ3v) is 14.8. The second-order valence-corrected chi connectivity index (χ2v) is 17.1. The molecule has 0 bridgehead atoms. The van der Waals surface area contributed by atoms with Crippen LogP contribution in [0.25, 0.3) is 0 Å². The molecule has 1 aromatic carbocycles. The fourth-order valence-corrected chi connectivity index (χ4v) is 11.1. The number of phenolic OH excluding ortho intramolecular Hbond substituents is 1. The molecule has 6 rings (SSSR count). The standard InChI is InChI=1S/C42H57NO3/c1-26-11-9-13-37-39(26,5)19-17-28(3)41(37,7)24-30-21-32(15-16-34(30)44)43-33-23-35(45)31(22-36(33)46)25-42(8)29(4)18-20-40(6)27(2)12-10-14-38(40)42/h12,15-16,21-23,28-29,37-38,43-44H,1,9-11,13-14,17-20,24-25H2,2-8H3. The van der Waals surface area contributed by atoms with E-state index in [9.17, 15) is 14.7 Å². The molecule has 4 heteroatoms. The highest BCUT2D eigenvalue weighted by Crippen LogP contribution is 2.63. The Labute approximate surface area is 277 Å². The minimum Gasteiger partial charge on any atom is -0.508 e. The minimum atomic E-state index is -0.150. The van der Waals surface area contributed by atoms with Crippen molar-refractivity contribution in [1.82, 2.24) is 0 Å². The number of aromatic hydroxyl groups is 1. The summed E-state index contributed by atoms with van der Waals surface area (Å²) in [7, 11) is 0. The number of allylic oxidation sites excluding steroid dienone is 6. The molecule has 3 fully saturated rings. The normalized spacial score (nSPS) is 39.5. The Bertz CT molecular complexity index is 1550. The summed E-state index contributed by atoms with van der Waals surface area (Å²) in [5, 5.41) is 14.3. The van der Waals surface area contributed by atoms with Crippen LogP contribution in [0.3, 0.4) is 0 Å². The van der Waals surface area contributed by atoms with Crippen molar-refractivity contribution in [3.8, 4) is 5.75 Å². The van der Waals surface area contributed by atoms with E-state index in [4.69, 9.17) is 0 Å². The number of hydrogen-bond donors (Lipinski definition) is 2. The smallest absolute Gasteiger partial charge is 0.202 e. The number of carbonyl (C=O) groups is 2. The van der Waals surface area contributed by atoms with Crippen LogP contribution in [0.5, 0.6) is 5.75 Å². The largest absolute Gasteiger partial charge is 0.508 e. The first-order valence-corrected chi connectivity index (χ1v) is 18.1. The molecule has 0 spiro atoms. The van der Waals surface area contributed by atoms with Crippen LogP contribution in [0.4, 0.5) is 5.69 Å². The van der Waals surface area contributed by atoms with E-state index >= 15 is 0 Å². The number of hydrogen-bond acceptors (Lipinski definition) is 4. The van der Waals surface area contributed by atoms with E-state index in [-0.39, 0.29) is 39.0 Å².